The fourth-order valence-electron chi connectivity index (χ4n) is 3.97. The van der Waals surface area contributed by atoms with Crippen molar-refractivity contribution in [1.82, 2.24) is 15.3 Å². The number of nitrogens with one attached hydrogen (secondary N) is 1. The van der Waals surface area contributed by atoms with Crippen molar-refractivity contribution in [3.05, 3.63) is 18.1 Å². The molecule has 2 aliphatic rings. The van der Waals surface area contributed by atoms with Crippen molar-refractivity contribution in [3.8, 4) is 0 Å². The summed E-state index contributed by atoms with van der Waals surface area (Å²) in [5.41, 5.74) is 0.279. The predicted octanol–water partition coefficient (Wildman–Crippen LogP) is 2.21. The number of aliphatic hydroxyl groups is 1. The average molecular weight is 346 g/mol. The van der Waals surface area contributed by atoms with Gasteiger partial charge in [0.05, 0.1) is 12.0 Å². The summed E-state index contributed by atoms with van der Waals surface area (Å²) in [5.74, 6) is 0.978. The Kier molecular flexibility index (Phi) is 5.89. The number of piperidine rings is 1. The van der Waals surface area contributed by atoms with E-state index in [1.807, 2.05) is 0 Å². The molecule has 2 heterocycles. The molecule has 25 heavy (non-hydrogen) atoms. The first-order valence-electron chi connectivity index (χ1n) is 9.65. The van der Waals surface area contributed by atoms with E-state index in [0.717, 1.165) is 69.5 Å². The first-order chi connectivity index (χ1) is 12.1. The van der Waals surface area contributed by atoms with Crippen molar-refractivity contribution in [2.24, 2.45) is 0 Å². The normalized spacial score (nSPS) is 21.1. The zero-order valence-electron chi connectivity index (χ0n) is 15.2. The molecule has 1 saturated carbocycles. The Morgan fingerprint density at radius 1 is 1.28 bits per heavy atom. The molecule has 6 heteroatoms. The maximum atomic E-state index is 12.3. The van der Waals surface area contributed by atoms with Gasteiger partial charge in [0.2, 0.25) is 5.91 Å². The highest BCUT2D eigenvalue weighted by Gasteiger charge is 2.32. The van der Waals surface area contributed by atoms with E-state index >= 15 is 0 Å². The van der Waals surface area contributed by atoms with Gasteiger partial charge in [-0.3, -0.25) is 4.79 Å². The number of carbonyl (C=O) groups is 1. The van der Waals surface area contributed by atoms with Crippen LogP contribution in [0.2, 0.25) is 0 Å². The summed E-state index contributed by atoms with van der Waals surface area (Å²) < 4.78 is 0. The van der Waals surface area contributed by atoms with Gasteiger partial charge in [-0.05, 0) is 32.1 Å². The molecule has 1 aromatic rings. The molecule has 0 atom stereocenters. The number of anilines is 1. The van der Waals surface area contributed by atoms with Gasteiger partial charge in [0, 0.05) is 30.9 Å². The van der Waals surface area contributed by atoms with E-state index in [0.29, 0.717) is 0 Å². The number of hydrogen-bond acceptors (Lipinski definition) is 5. The molecule has 2 N–H and O–H groups in total. The van der Waals surface area contributed by atoms with Crippen molar-refractivity contribution in [2.75, 3.05) is 18.0 Å². The monoisotopic (exact) mass is 346 g/mol. The number of amides is 1. The molecule has 2 fully saturated rings. The molecule has 3 rings (SSSR count). The Morgan fingerprint density at radius 2 is 2.00 bits per heavy atom. The molecule has 1 saturated heterocycles. The average Bonchev–Trinajstić information content (AvgIpc) is 2.62. The minimum absolute atomic E-state index is 0.00171. The van der Waals surface area contributed by atoms with Gasteiger partial charge in [0.25, 0.3) is 0 Å². The van der Waals surface area contributed by atoms with Gasteiger partial charge in [0.1, 0.15) is 12.1 Å². The highest BCUT2D eigenvalue weighted by Crippen LogP contribution is 2.30. The van der Waals surface area contributed by atoms with Gasteiger partial charge in [0.15, 0.2) is 0 Å². The predicted molar refractivity (Wildman–Crippen MR) is 97.4 cm³/mol. The maximum absolute atomic E-state index is 12.3. The fraction of sp³-hybridized carbons (Fsp3) is 0.737. The molecule has 0 spiro atoms. The van der Waals surface area contributed by atoms with Gasteiger partial charge in [-0.2, -0.15) is 0 Å². The van der Waals surface area contributed by atoms with Crippen molar-refractivity contribution >= 4 is 11.7 Å². The van der Waals surface area contributed by atoms with Crippen LogP contribution in [0.5, 0.6) is 0 Å². The SMILES string of the molecule is CCc1cc(N2CCC(NC(=O)CC3(O)CCCCC3)CC2)ncn1. The van der Waals surface area contributed by atoms with Gasteiger partial charge >= 0.3 is 0 Å². The summed E-state index contributed by atoms with van der Waals surface area (Å²) in [7, 11) is 0. The van der Waals surface area contributed by atoms with E-state index < -0.39 is 5.60 Å². The molecule has 1 aliphatic heterocycles. The molecule has 138 valence electrons. The van der Waals surface area contributed by atoms with Crippen molar-refractivity contribution in [1.29, 1.82) is 0 Å². The quantitative estimate of drug-likeness (QED) is 0.855. The van der Waals surface area contributed by atoms with E-state index in [9.17, 15) is 9.90 Å². The van der Waals surface area contributed by atoms with Gasteiger partial charge in [-0.1, -0.05) is 26.2 Å². The summed E-state index contributed by atoms with van der Waals surface area (Å²) in [4.78, 5) is 23.2. The van der Waals surface area contributed by atoms with E-state index in [2.05, 4.69) is 33.2 Å². The van der Waals surface area contributed by atoms with Crippen LogP contribution in [0, 0.1) is 0 Å². The van der Waals surface area contributed by atoms with Crippen LogP contribution >= 0.6 is 0 Å². The second kappa shape index (κ2) is 8.13. The fourth-order valence-corrected chi connectivity index (χ4v) is 3.97. The minimum Gasteiger partial charge on any atom is -0.389 e. The molecule has 0 bridgehead atoms. The molecule has 0 aromatic carbocycles. The Hall–Kier alpha value is -1.69. The smallest absolute Gasteiger partial charge is 0.223 e. The number of aromatic nitrogens is 2. The minimum atomic E-state index is -0.777. The van der Waals surface area contributed by atoms with Gasteiger partial charge < -0.3 is 15.3 Å². The zero-order chi connectivity index (χ0) is 17.7. The highest BCUT2D eigenvalue weighted by molar-refractivity contribution is 5.77. The molecular weight excluding hydrogens is 316 g/mol. The summed E-state index contributed by atoms with van der Waals surface area (Å²) in [6, 6.07) is 2.25. The number of hydrogen-bond donors (Lipinski definition) is 2. The second-order valence-electron chi connectivity index (χ2n) is 7.51. The van der Waals surface area contributed by atoms with Gasteiger partial charge in [-0.15, -0.1) is 0 Å². The van der Waals surface area contributed by atoms with Crippen LogP contribution < -0.4 is 10.2 Å². The summed E-state index contributed by atoms with van der Waals surface area (Å²) in [5, 5.41) is 13.7. The first kappa shape index (κ1) is 18.1. The van der Waals surface area contributed by atoms with Crippen LogP contribution in [0.1, 0.15) is 64.0 Å². The number of rotatable bonds is 5. The lowest BCUT2D eigenvalue weighted by Crippen LogP contribution is -2.47. The molecule has 0 radical (unpaired) electrons. The number of aryl methyl sites for hydroxylation is 1. The third-order valence-corrected chi connectivity index (χ3v) is 5.53. The third kappa shape index (κ3) is 4.91. The Balaban J connectivity index is 1.46. The van der Waals surface area contributed by atoms with E-state index in [1.54, 1.807) is 6.33 Å². The molecule has 1 amide bonds. The lowest BCUT2D eigenvalue weighted by Gasteiger charge is -2.35. The zero-order valence-corrected chi connectivity index (χ0v) is 15.2. The summed E-state index contributed by atoms with van der Waals surface area (Å²) in [6.45, 7) is 3.86. The third-order valence-electron chi connectivity index (χ3n) is 5.53. The van der Waals surface area contributed by atoms with Crippen LogP contribution in [-0.4, -0.2) is 45.7 Å². The molecule has 6 nitrogen and oxygen atoms in total. The van der Waals surface area contributed by atoms with Gasteiger partial charge in [-0.25, -0.2) is 9.97 Å². The van der Waals surface area contributed by atoms with Crippen molar-refractivity contribution in [3.63, 3.8) is 0 Å². The van der Waals surface area contributed by atoms with Crippen LogP contribution in [0.15, 0.2) is 12.4 Å². The topological polar surface area (TPSA) is 78.4 Å². The second-order valence-corrected chi connectivity index (χ2v) is 7.51. The highest BCUT2D eigenvalue weighted by atomic mass is 16.3. The van der Waals surface area contributed by atoms with Crippen LogP contribution in [0.3, 0.4) is 0 Å². The lowest BCUT2D eigenvalue weighted by molar-refractivity contribution is -0.128. The maximum Gasteiger partial charge on any atom is 0.223 e. The Morgan fingerprint density at radius 3 is 2.68 bits per heavy atom. The standard InChI is InChI=1S/C19H30N4O2/c1-2-15-12-17(21-14-20-15)23-10-6-16(7-11-23)22-18(24)13-19(25)8-4-3-5-9-19/h12,14,16,25H,2-11,13H2,1H3,(H,22,24). The Labute approximate surface area is 150 Å². The van der Waals surface area contributed by atoms with E-state index in [-0.39, 0.29) is 18.4 Å². The summed E-state index contributed by atoms with van der Waals surface area (Å²) >= 11 is 0. The van der Waals surface area contributed by atoms with E-state index in [4.69, 9.17) is 0 Å². The Bertz CT molecular complexity index is 579. The van der Waals surface area contributed by atoms with Crippen molar-refractivity contribution in [2.45, 2.75) is 76.4 Å². The number of carbonyl (C=O) groups excluding carboxylic acids is 1. The lowest BCUT2D eigenvalue weighted by atomic mass is 9.82. The van der Waals surface area contributed by atoms with Crippen LogP contribution in [-0.2, 0) is 11.2 Å². The number of nitrogens with zero attached hydrogens (tertiary/aromatic N) is 3. The first-order valence-corrected chi connectivity index (χ1v) is 9.65. The largest absolute Gasteiger partial charge is 0.389 e. The molecular formula is C19H30N4O2. The van der Waals surface area contributed by atoms with Crippen LogP contribution in [0.25, 0.3) is 0 Å². The molecule has 0 unspecified atom stereocenters. The van der Waals surface area contributed by atoms with Crippen molar-refractivity contribution < 1.29 is 9.90 Å². The van der Waals surface area contributed by atoms with E-state index in [1.165, 1.54) is 6.42 Å². The molecule has 1 aliphatic carbocycles. The summed E-state index contributed by atoms with van der Waals surface area (Å²) in [6.07, 6.45) is 9.35. The molecule has 1 aromatic heterocycles. The van der Waals surface area contributed by atoms with Crippen LogP contribution in [0.4, 0.5) is 5.82 Å².